The third-order valence-corrected chi connectivity index (χ3v) is 6.87. The molecule has 2 heterocycles. The van der Waals surface area contributed by atoms with Crippen molar-refractivity contribution in [2.24, 2.45) is 11.7 Å². The lowest BCUT2D eigenvalue weighted by Gasteiger charge is -2.47. The molecule has 0 saturated carbocycles. The Hall–Kier alpha value is -0.720. The average molecular weight is 608 g/mol. The van der Waals surface area contributed by atoms with E-state index in [1.807, 2.05) is 0 Å². The van der Waals surface area contributed by atoms with Gasteiger partial charge in [0, 0.05) is 19.1 Å². The van der Waals surface area contributed by atoms with Gasteiger partial charge >= 0.3 is 0 Å². The van der Waals surface area contributed by atoms with Crippen molar-refractivity contribution in [2.45, 2.75) is 92.9 Å². The minimum atomic E-state index is -1.99. The van der Waals surface area contributed by atoms with Gasteiger partial charge in [-0.15, -0.1) is 0 Å². The van der Waals surface area contributed by atoms with Crippen LogP contribution in [0.4, 0.5) is 0 Å². The predicted molar refractivity (Wildman–Crippen MR) is 131 cm³/mol. The minimum absolute atomic E-state index is 0.0209. The highest BCUT2D eigenvalue weighted by atomic mass is 16.8. The Kier molecular flexibility index (Phi) is 15.6. The predicted octanol–water partition coefficient (Wildman–Crippen LogP) is -7.34. The van der Waals surface area contributed by atoms with Gasteiger partial charge in [0.1, 0.15) is 61.0 Å². The van der Waals surface area contributed by atoms with Crippen LogP contribution >= 0.6 is 0 Å². The van der Waals surface area contributed by atoms with Gasteiger partial charge in [-0.25, -0.2) is 0 Å². The van der Waals surface area contributed by atoms with Gasteiger partial charge < -0.3 is 90.3 Å². The molecule has 41 heavy (non-hydrogen) atoms. The molecule has 2 saturated heterocycles. The summed E-state index contributed by atoms with van der Waals surface area (Å²) in [5.41, 5.74) is 5.34. The second-order valence-electron chi connectivity index (χ2n) is 9.91. The Morgan fingerprint density at radius 1 is 0.732 bits per heavy atom. The van der Waals surface area contributed by atoms with Crippen LogP contribution in [0.25, 0.3) is 0 Å². The molecule has 0 aliphatic carbocycles. The zero-order chi connectivity index (χ0) is 30.9. The first-order valence-corrected chi connectivity index (χ1v) is 13.2. The molecule has 0 aromatic heterocycles. The summed E-state index contributed by atoms with van der Waals surface area (Å²) in [5.74, 6) is -0.915. The molecule has 13 N–H and O–H groups in total. The smallest absolute Gasteiger partial charge is 0.187 e. The molecule has 0 aromatic rings. The number of nitrogens with two attached hydrogens (primary N) is 1. The number of aliphatic hydroxyl groups is 11. The highest BCUT2D eigenvalue weighted by molar-refractivity contribution is 4.94. The van der Waals surface area contributed by atoms with Gasteiger partial charge in [0.2, 0.25) is 0 Å². The number of hydrogen-bond donors (Lipinski definition) is 12. The third-order valence-electron chi connectivity index (χ3n) is 6.87. The molecular formula is C23H45NO17. The summed E-state index contributed by atoms with van der Waals surface area (Å²) in [4.78, 5) is 0. The van der Waals surface area contributed by atoms with E-state index in [2.05, 4.69) is 0 Å². The second-order valence-corrected chi connectivity index (χ2v) is 9.91. The largest absolute Gasteiger partial charge is 0.396 e. The van der Waals surface area contributed by atoms with Crippen LogP contribution in [0.2, 0.25) is 0 Å². The van der Waals surface area contributed by atoms with E-state index in [0.717, 1.165) is 0 Å². The Labute approximate surface area is 236 Å². The maximum absolute atomic E-state index is 10.9. The number of aliphatic hydroxyl groups excluding tert-OH is 11. The topological polar surface area (TPSA) is 304 Å². The molecule has 0 radical (unpaired) electrons. The van der Waals surface area contributed by atoms with Crippen molar-refractivity contribution in [1.82, 2.24) is 0 Å². The van der Waals surface area contributed by atoms with Crippen LogP contribution in [0, 0.1) is 5.92 Å². The monoisotopic (exact) mass is 607 g/mol. The maximum Gasteiger partial charge on any atom is 0.187 e. The Morgan fingerprint density at radius 2 is 1.32 bits per heavy atom. The SMILES string of the molecule is CC(CO)C(O)C(O)C(OC1OC(CO)C(O)C(O)C1OC1OC(CO)C(O)C(O)C1O)C(O)OCCOCCN. The first kappa shape index (κ1) is 36.5. The van der Waals surface area contributed by atoms with Crippen molar-refractivity contribution in [3.63, 3.8) is 0 Å². The fourth-order valence-electron chi connectivity index (χ4n) is 4.26. The molecule has 0 bridgehead atoms. The van der Waals surface area contributed by atoms with E-state index in [-0.39, 0.29) is 26.4 Å². The van der Waals surface area contributed by atoms with Crippen LogP contribution in [0.15, 0.2) is 0 Å². The van der Waals surface area contributed by atoms with Crippen molar-refractivity contribution >= 4 is 0 Å². The second kappa shape index (κ2) is 17.5. The molecule has 18 nitrogen and oxygen atoms in total. The maximum atomic E-state index is 10.9. The summed E-state index contributed by atoms with van der Waals surface area (Å²) < 4.78 is 32.5. The van der Waals surface area contributed by atoms with E-state index in [4.69, 9.17) is 34.2 Å². The van der Waals surface area contributed by atoms with E-state index >= 15 is 0 Å². The molecule has 244 valence electrons. The van der Waals surface area contributed by atoms with Gasteiger partial charge in [0.05, 0.1) is 39.1 Å². The molecule has 0 spiro atoms. The van der Waals surface area contributed by atoms with Crippen LogP contribution in [-0.2, 0) is 28.4 Å². The van der Waals surface area contributed by atoms with Gasteiger partial charge in [0.15, 0.2) is 18.9 Å². The lowest BCUT2D eigenvalue weighted by molar-refractivity contribution is -0.382. The van der Waals surface area contributed by atoms with Crippen LogP contribution in [-0.4, -0.2) is 188 Å². The molecule has 2 aliphatic heterocycles. The van der Waals surface area contributed by atoms with E-state index < -0.39 is 112 Å². The standard InChI is InChI=1S/C23H45NO17/c1-9(6-25)12(28)16(32)19(21(35)37-5-4-36-3-2-24)40-23-20(17(33)14(30)11(8-27)39-23)41-22-18(34)15(31)13(29)10(7-26)38-22/h9-23,25-35H,2-8,24H2,1H3. The zero-order valence-corrected chi connectivity index (χ0v) is 22.6. The van der Waals surface area contributed by atoms with Crippen molar-refractivity contribution in [3.05, 3.63) is 0 Å². The first-order chi connectivity index (χ1) is 19.4. The van der Waals surface area contributed by atoms with E-state index in [1.165, 1.54) is 6.92 Å². The Bertz CT molecular complexity index is 724. The lowest BCUT2D eigenvalue weighted by atomic mass is 9.95. The summed E-state index contributed by atoms with van der Waals surface area (Å²) >= 11 is 0. The Balaban J connectivity index is 2.33. The fraction of sp³-hybridized carbons (Fsp3) is 1.00. The lowest BCUT2D eigenvalue weighted by Crippen LogP contribution is -2.65. The number of hydrogen-bond acceptors (Lipinski definition) is 18. The Morgan fingerprint density at radius 3 is 1.88 bits per heavy atom. The molecule has 18 heteroatoms. The quantitative estimate of drug-likeness (QED) is 0.0539. The van der Waals surface area contributed by atoms with E-state index in [9.17, 15) is 56.2 Å². The molecule has 2 rings (SSSR count). The molecule has 2 fully saturated rings. The molecule has 0 aromatic carbocycles. The van der Waals surface area contributed by atoms with Gasteiger partial charge in [-0.2, -0.15) is 0 Å². The first-order valence-electron chi connectivity index (χ1n) is 13.2. The van der Waals surface area contributed by atoms with Gasteiger partial charge in [-0.05, 0) is 0 Å². The van der Waals surface area contributed by atoms with Crippen molar-refractivity contribution < 1.29 is 84.6 Å². The highest BCUT2D eigenvalue weighted by Gasteiger charge is 2.52. The summed E-state index contributed by atoms with van der Waals surface area (Å²) in [6.07, 6.45) is -25.1. The average Bonchev–Trinajstić information content (AvgIpc) is 2.97. The van der Waals surface area contributed by atoms with Crippen molar-refractivity contribution in [1.29, 1.82) is 0 Å². The van der Waals surface area contributed by atoms with Gasteiger partial charge in [-0.3, -0.25) is 0 Å². The van der Waals surface area contributed by atoms with Crippen LogP contribution in [0.1, 0.15) is 6.92 Å². The summed E-state index contributed by atoms with van der Waals surface area (Å²) in [7, 11) is 0. The molecule has 15 unspecified atom stereocenters. The summed E-state index contributed by atoms with van der Waals surface area (Å²) in [5, 5.41) is 112. The molecule has 0 amide bonds. The normalized spacial score (nSPS) is 38.3. The van der Waals surface area contributed by atoms with Gasteiger partial charge in [-0.1, -0.05) is 6.92 Å². The fourth-order valence-corrected chi connectivity index (χ4v) is 4.26. The van der Waals surface area contributed by atoms with Crippen molar-refractivity contribution in [2.75, 3.05) is 46.2 Å². The van der Waals surface area contributed by atoms with Crippen LogP contribution in [0.5, 0.6) is 0 Å². The van der Waals surface area contributed by atoms with Gasteiger partial charge in [0.25, 0.3) is 0 Å². The van der Waals surface area contributed by atoms with Crippen molar-refractivity contribution in [3.8, 4) is 0 Å². The molecule has 2 aliphatic rings. The van der Waals surface area contributed by atoms with Crippen LogP contribution < -0.4 is 5.73 Å². The summed E-state index contributed by atoms with van der Waals surface area (Å²) in [6, 6.07) is 0. The number of rotatable bonds is 17. The zero-order valence-electron chi connectivity index (χ0n) is 22.6. The van der Waals surface area contributed by atoms with E-state index in [0.29, 0.717) is 0 Å². The minimum Gasteiger partial charge on any atom is -0.396 e. The molecule has 15 atom stereocenters. The summed E-state index contributed by atoms with van der Waals surface area (Å²) in [6.45, 7) is -0.615. The third kappa shape index (κ3) is 9.38. The van der Waals surface area contributed by atoms with Crippen LogP contribution in [0.3, 0.4) is 0 Å². The van der Waals surface area contributed by atoms with E-state index in [1.54, 1.807) is 0 Å². The number of ether oxygens (including phenoxy) is 6. The molecular weight excluding hydrogens is 562 g/mol. The highest BCUT2D eigenvalue weighted by Crippen LogP contribution is 2.31.